The van der Waals surface area contributed by atoms with Crippen molar-refractivity contribution >= 4 is 40.4 Å². The highest BCUT2D eigenvalue weighted by Crippen LogP contribution is 2.24. The lowest BCUT2D eigenvalue weighted by atomic mass is 10.4. The van der Waals surface area contributed by atoms with Gasteiger partial charge in [0.2, 0.25) is 5.88 Å². The Balaban J connectivity index is 1.77. The maximum absolute atomic E-state index is 11.8. The molecular formula is C12H12Cl2N4O2S. The van der Waals surface area contributed by atoms with Gasteiger partial charge in [0.25, 0.3) is 5.91 Å². The zero-order valence-corrected chi connectivity index (χ0v) is 13.1. The van der Waals surface area contributed by atoms with E-state index in [4.69, 9.17) is 33.7 Å². The topological polar surface area (TPSA) is 90.1 Å². The van der Waals surface area contributed by atoms with Gasteiger partial charge in [-0.15, -0.1) is 11.3 Å². The van der Waals surface area contributed by atoms with Crippen LogP contribution in [0.4, 0.5) is 0 Å². The van der Waals surface area contributed by atoms with Crippen LogP contribution in [-0.4, -0.2) is 29.0 Å². The van der Waals surface area contributed by atoms with Crippen LogP contribution in [0.3, 0.4) is 0 Å². The smallest absolute Gasteiger partial charge is 0.270 e. The summed E-state index contributed by atoms with van der Waals surface area (Å²) in [6.45, 7) is 0.852. The quantitative estimate of drug-likeness (QED) is 0.781. The highest BCUT2D eigenvalue weighted by molar-refractivity contribution is 7.09. The molecule has 0 fully saturated rings. The minimum atomic E-state index is -0.273. The molecule has 0 saturated carbocycles. The van der Waals surface area contributed by atoms with Crippen LogP contribution in [0.15, 0.2) is 17.6 Å². The van der Waals surface area contributed by atoms with Gasteiger partial charge in [-0.2, -0.15) is 0 Å². The van der Waals surface area contributed by atoms with Crippen LogP contribution in [0.1, 0.15) is 15.5 Å². The molecule has 0 atom stereocenters. The first-order valence-electron chi connectivity index (χ1n) is 5.96. The van der Waals surface area contributed by atoms with Gasteiger partial charge >= 0.3 is 0 Å². The van der Waals surface area contributed by atoms with Gasteiger partial charge in [0.05, 0.1) is 11.6 Å². The molecule has 0 spiro atoms. The van der Waals surface area contributed by atoms with Crippen molar-refractivity contribution in [3.8, 4) is 5.88 Å². The zero-order chi connectivity index (χ0) is 15.2. The molecule has 2 aromatic rings. The van der Waals surface area contributed by atoms with Gasteiger partial charge in [0.15, 0.2) is 0 Å². The van der Waals surface area contributed by atoms with Crippen LogP contribution in [0.5, 0.6) is 5.88 Å². The molecule has 0 aliphatic heterocycles. The van der Waals surface area contributed by atoms with Gasteiger partial charge in [-0.3, -0.25) is 4.79 Å². The molecule has 2 rings (SSSR count). The lowest BCUT2D eigenvalue weighted by Gasteiger charge is -2.07. The number of nitrogens with two attached hydrogens (primary N) is 1. The van der Waals surface area contributed by atoms with Crippen molar-refractivity contribution in [2.75, 3.05) is 13.2 Å². The minimum absolute atomic E-state index is 0.230. The van der Waals surface area contributed by atoms with E-state index in [1.807, 2.05) is 0 Å². The Bertz CT molecular complexity index is 635. The summed E-state index contributed by atoms with van der Waals surface area (Å²) in [4.78, 5) is 19.8. The van der Waals surface area contributed by atoms with Gasteiger partial charge in [-0.05, 0) is 6.07 Å². The second-order valence-electron chi connectivity index (χ2n) is 3.88. The zero-order valence-electron chi connectivity index (χ0n) is 10.8. The van der Waals surface area contributed by atoms with Gasteiger partial charge < -0.3 is 15.8 Å². The molecule has 0 bridgehead atoms. The summed E-state index contributed by atoms with van der Waals surface area (Å²) in [6, 6.07) is 1.54. The fourth-order valence-electron chi connectivity index (χ4n) is 1.42. The number of nitrogens with one attached hydrogen (secondary N) is 1. The summed E-state index contributed by atoms with van der Waals surface area (Å²) in [5.74, 6) is -0.000829. The summed E-state index contributed by atoms with van der Waals surface area (Å²) < 4.78 is 5.35. The molecule has 112 valence electrons. The fraction of sp³-hybridized carbons (Fsp3) is 0.250. The maximum atomic E-state index is 11.8. The normalized spacial score (nSPS) is 10.4. The number of carbonyl (C=O) groups is 1. The molecule has 0 aliphatic rings. The van der Waals surface area contributed by atoms with E-state index in [1.165, 1.54) is 23.6 Å². The number of rotatable bonds is 6. The van der Waals surface area contributed by atoms with E-state index in [2.05, 4.69) is 15.3 Å². The minimum Gasteiger partial charge on any atom is -0.475 e. The molecule has 0 aromatic carbocycles. The number of pyridine rings is 1. The Morgan fingerprint density at radius 2 is 2.29 bits per heavy atom. The highest BCUT2D eigenvalue weighted by Gasteiger charge is 2.10. The van der Waals surface area contributed by atoms with E-state index in [-0.39, 0.29) is 18.4 Å². The standard InChI is InChI=1S/C12H12Cl2N4O2S/c13-7-3-8(14)12(17-5-7)20-2-1-16-11(19)9-6-21-10(4-15)18-9/h3,5-6H,1-2,4,15H2,(H,16,19). The van der Waals surface area contributed by atoms with Gasteiger partial charge in [-0.1, -0.05) is 23.2 Å². The fourth-order valence-corrected chi connectivity index (χ4v) is 2.51. The van der Waals surface area contributed by atoms with Crippen molar-refractivity contribution in [3.05, 3.63) is 38.4 Å². The third-order valence-corrected chi connectivity index (χ3v) is 3.71. The van der Waals surface area contributed by atoms with Gasteiger partial charge in [0.1, 0.15) is 22.3 Å². The summed E-state index contributed by atoms with van der Waals surface area (Å²) in [5.41, 5.74) is 5.79. The molecule has 0 unspecified atom stereocenters. The summed E-state index contributed by atoms with van der Waals surface area (Å²) >= 11 is 13.0. The first-order valence-corrected chi connectivity index (χ1v) is 7.60. The number of carbonyl (C=O) groups excluding carboxylic acids is 1. The van der Waals surface area contributed by atoms with Crippen LogP contribution < -0.4 is 15.8 Å². The molecule has 1 amide bonds. The first kappa shape index (κ1) is 16.0. The molecule has 6 nitrogen and oxygen atoms in total. The Morgan fingerprint density at radius 1 is 1.48 bits per heavy atom. The van der Waals surface area contributed by atoms with Crippen LogP contribution in [0.2, 0.25) is 10.0 Å². The van der Waals surface area contributed by atoms with E-state index >= 15 is 0 Å². The molecule has 3 N–H and O–H groups in total. The van der Waals surface area contributed by atoms with Crippen molar-refractivity contribution in [1.29, 1.82) is 0 Å². The molecule has 0 radical (unpaired) electrons. The molecule has 2 heterocycles. The van der Waals surface area contributed by atoms with E-state index in [0.717, 1.165) is 0 Å². The van der Waals surface area contributed by atoms with Crippen LogP contribution >= 0.6 is 34.5 Å². The van der Waals surface area contributed by atoms with E-state index in [9.17, 15) is 4.79 Å². The maximum Gasteiger partial charge on any atom is 0.270 e. The lowest BCUT2D eigenvalue weighted by molar-refractivity contribution is 0.0942. The lowest BCUT2D eigenvalue weighted by Crippen LogP contribution is -2.28. The Hall–Kier alpha value is -1.41. The number of aromatic nitrogens is 2. The van der Waals surface area contributed by atoms with Crippen molar-refractivity contribution in [2.24, 2.45) is 5.73 Å². The SMILES string of the molecule is NCc1nc(C(=O)NCCOc2ncc(Cl)cc2Cl)cs1. The summed E-state index contributed by atoms with van der Waals surface area (Å²) in [7, 11) is 0. The Kier molecular flexibility index (Phi) is 5.75. The largest absolute Gasteiger partial charge is 0.475 e. The molecule has 0 aliphatic carbocycles. The van der Waals surface area contributed by atoms with Crippen molar-refractivity contribution < 1.29 is 9.53 Å². The number of thiazole rings is 1. The van der Waals surface area contributed by atoms with Crippen molar-refractivity contribution in [1.82, 2.24) is 15.3 Å². The number of hydrogen-bond donors (Lipinski definition) is 2. The monoisotopic (exact) mass is 346 g/mol. The second kappa shape index (κ2) is 7.56. The number of ether oxygens (including phenoxy) is 1. The molecule has 21 heavy (non-hydrogen) atoms. The predicted octanol–water partition coefficient (Wildman–Crippen LogP) is 2.11. The third-order valence-electron chi connectivity index (χ3n) is 2.36. The van der Waals surface area contributed by atoms with E-state index in [0.29, 0.717) is 33.8 Å². The number of hydrogen-bond acceptors (Lipinski definition) is 6. The Labute approximate surface area is 135 Å². The van der Waals surface area contributed by atoms with Crippen molar-refractivity contribution in [2.45, 2.75) is 6.54 Å². The number of halogens is 2. The van der Waals surface area contributed by atoms with Crippen LogP contribution in [-0.2, 0) is 6.54 Å². The first-order chi connectivity index (χ1) is 10.1. The summed E-state index contributed by atoms with van der Waals surface area (Å²) in [6.07, 6.45) is 1.44. The molecule has 2 aromatic heterocycles. The third kappa shape index (κ3) is 4.53. The van der Waals surface area contributed by atoms with Gasteiger partial charge in [-0.25, -0.2) is 9.97 Å². The van der Waals surface area contributed by atoms with Crippen LogP contribution in [0, 0.1) is 0 Å². The predicted molar refractivity (Wildman–Crippen MR) is 82.1 cm³/mol. The molecule has 0 saturated heterocycles. The average molecular weight is 347 g/mol. The number of nitrogens with zero attached hydrogens (tertiary/aromatic N) is 2. The number of amides is 1. The van der Waals surface area contributed by atoms with E-state index < -0.39 is 0 Å². The average Bonchev–Trinajstić information content (AvgIpc) is 2.94. The highest BCUT2D eigenvalue weighted by atomic mass is 35.5. The Morgan fingerprint density at radius 3 is 2.95 bits per heavy atom. The molecular weight excluding hydrogens is 335 g/mol. The summed E-state index contributed by atoms with van der Waals surface area (Å²) in [5, 5.41) is 5.81. The second-order valence-corrected chi connectivity index (χ2v) is 5.66. The molecule has 9 heteroatoms. The van der Waals surface area contributed by atoms with Crippen LogP contribution in [0.25, 0.3) is 0 Å². The van der Waals surface area contributed by atoms with Gasteiger partial charge in [0, 0.05) is 18.1 Å². The van der Waals surface area contributed by atoms with Crippen molar-refractivity contribution in [3.63, 3.8) is 0 Å². The van der Waals surface area contributed by atoms with E-state index in [1.54, 1.807) is 5.38 Å².